The first-order chi connectivity index (χ1) is 11.4. The van der Waals surface area contributed by atoms with Gasteiger partial charge in [0.05, 0.1) is 22.3 Å². The molecule has 4 nitrogen and oxygen atoms in total. The van der Waals surface area contributed by atoms with Gasteiger partial charge in [-0.1, -0.05) is 41.7 Å². The number of halogens is 3. The third-order valence-electron chi connectivity index (χ3n) is 3.78. The van der Waals surface area contributed by atoms with Gasteiger partial charge in [0.25, 0.3) is 5.91 Å². The first kappa shape index (κ1) is 17.5. The van der Waals surface area contributed by atoms with Crippen molar-refractivity contribution in [1.29, 1.82) is 0 Å². The average Bonchev–Trinajstić information content (AvgIpc) is 3.11. The number of fused-ring (bicyclic) bond motifs is 1. The molecule has 3 aromatic rings. The molecule has 8 heteroatoms. The number of amides is 1. The van der Waals surface area contributed by atoms with Crippen LogP contribution < -0.4 is 5.32 Å². The molecule has 0 spiro atoms. The Morgan fingerprint density at radius 1 is 1.38 bits per heavy atom. The normalized spacial score (nSPS) is 12.5. The zero-order chi connectivity index (χ0) is 17.4. The van der Waals surface area contributed by atoms with Gasteiger partial charge in [0.15, 0.2) is 0 Å². The monoisotopic (exact) mass is 401 g/mol. The van der Waals surface area contributed by atoms with Crippen LogP contribution in [0.25, 0.3) is 10.1 Å². The molecule has 0 aliphatic heterocycles. The van der Waals surface area contributed by atoms with Crippen molar-refractivity contribution in [3.05, 3.63) is 44.3 Å². The summed E-state index contributed by atoms with van der Waals surface area (Å²) < 4.78 is 2.56. The summed E-state index contributed by atoms with van der Waals surface area (Å²) in [5.41, 5.74) is 0. The molecule has 0 saturated carbocycles. The Kier molecular flexibility index (Phi) is 5.06. The van der Waals surface area contributed by atoms with Crippen molar-refractivity contribution in [3.8, 4) is 0 Å². The highest BCUT2D eigenvalue weighted by Crippen LogP contribution is 2.41. The van der Waals surface area contributed by atoms with Crippen LogP contribution in [-0.4, -0.2) is 15.7 Å². The highest BCUT2D eigenvalue weighted by Gasteiger charge is 2.21. The van der Waals surface area contributed by atoms with Crippen LogP contribution >= 0.6 is 46.1 Å². The van der Waals surface area contributed by atoms with Crippen LogP contribution in [0, 0.1) is 0 Å². The molecule has 0 saturated heterocycles. The fraction of sp³-hybridized carbons (Fsp3) is 0.250. The van der Waals surface area contributed by atoms with Crippen LogP contribution in [0.1, 0.15) is 36.0 Å². The van der Waals surface area contributed by atoms with E-state index >= 15 is 0 Å². The third kappa shape index (κ3) is 3.14. The van der Waals surface area contributed by atoms with Crippen LogP contribution in [-0.2, 0) is 0 Å². The molecule has 1 aromatic carbocycles. The van der Waals surface area contributed by atoms with E-state index in [9.17, 15) is 4.79 Å². The van der Waals surface area contributed by atoms with Crippen LogP contribution in [0.3, 0.4) is 0 Å². The largest absolute Gasteiger partial charge is 0.306 e. The van der Waals surface area contributed by atoms with E-state index in [1.54, 1.807) is 29.1 Å². The van der Waals surface area contributed by atoms with Crippen LogP contribution in [0.2, 0.25) is 15.1 Å². The zero-order valence-electron chi connectivity index (χ0n) is 12.9. The minimum atomic E-state index is -0.293. The molecule has 2 aromatic heterocycles. The first-order valence-electron chi connectivity index (χ1n) is 7.34. The molecule has 0 aliphatic carbocycles. The van der Waals surface area contributed by atoms with Crippen LogP contribution in [0.5, 0.6) is 0 Å². The second-order valence-electron chi connectivity index (χ2n) is 5.38. The van der Waals surface area contributed by atoms with Crippen molar-refractivity contribution in [2.24, 2.45) is 0 Å². The van der Waals surface area contributed by atoms with E-state index in [0.29, 0.717) is 31.1 Å². The lowest BCUT2D eigenvalue weighted by molar-refractivity contribution is 0.102. The van der Waals surface area contributed by atoms with Crippen molar-refractivity contribution in [1.82, 2.24) is 9.78 Å². The van der Waals surface area contributed by atoms with E-state index in [1.807, 2.05) is 6.92 Å². The van der Waals surface area contributed by atoms with Gasteiger partial charge in [-0.3, -0.25) is 4.79 Å². The number of carbonyl (C=O) groups is 1. The highest BCUT2D eigenvalue weighted by molar-refractivity contribution is 7.21. The van der Waals surface area contributed by atoms with Gasteiger partial charge in [0, 0.05) is 21.2 Å². The molecule has 0 radical (unpaired) electrons. The molecule has 0 bridgehead atoms. The number of anilines is 1. The van der Waals surface area contributed by atoms with Crippen LogP contribution in [0.15, 0.2) is 24.4 Å². The summed E-state index contributed by atoms with van der Waals surface area (Å²) in [5, 5.41) is 9.05. The molecule has 1 N–H and O–H groups in total. The summed E-state index contributed by atoms with van der Waals surface area (Å²) in [6.45, 7) is 4.10. The molecule has 3 rings (SSSR count). The molecule has 126 valence electrons. The van der Waals surface area contributed by atoms with Gasteiger partial charge in [-0.15, -0.1) is 11.3 Å². The van der Waals surface area contributed by atoms with Gasteiger partial charge in [0.1, 0.15) is 10.7 Å². The molecule has 1 unspecified atom stereocenters. The molecule has 2 heterocycles. The Morgan fingerprint density at radius 2 is 2.12 bits per heavy atom. The zero-order valence-corrected chi connectivity index (χ0v) is 16.0. The number of nitrogens with zero attached hydrogens (tertiary/aromatic N) is 2. The van der Waals surface area contributed by atoms with Crippen molar-refractivity contribution >= 4 is 68.0 Å². The molecule has 0 fully saturated rings. The quantitative estimate of drug-likeness (QED) is 0.558. The fourth-order valence-electron chi connectivity index (χ4n) is 2.37. The Labute approximate surface area is 158 Å². The lowest BCUT2D eigenvalue weighted by Gasteiger charge is -2.13. The Hall–Kier alpha value is -1.27. The molecular formula is C16H14Cl3N3OS. The van der Waals surface area contributed by atoms with Gasteiger partial charge in [-0.25, -0.2) is 4.68 Å². The third-order valence-corrected chi connectivity index (χ3v) is 5.92. The predicted molar refractivity (Wildman–Crippen MR) is 102 cm³/mol. The lowest BCUT2D eigenvalue weighted by atomic mass is 10.2. The molecule has 0 aliphatic rings. The van der Waals surface area contributed by atoms with Gasteiger partial charge in [0.2, 0.25) is 0 Å². The average molecular weight is 403 g/mol. The van der Waals surface area contributed by atoms with Gasteiger partial charge >= 0.3 is 0 Å². The summed E-state index contributed by atoms with van der Waals surface area (Å²) in [6, 6.07) is 5.31. The number of hydrogen-bond acceptors (Lipinski definition) is 3. The second-order valence-corrected chi connectivity index (χ2v) is 7.65. The minimum absolute atomic E-state index is 0.182. The number of thiophene rings is 1. The number of hydrogen-bond donors (Lipinski definition) is 1. The molecule has 1 atom stereocenters. The number of aromatic nitrogens is 2. The maximum Gasteiger partial charge on any atom is 0.268 e. The lowest BCUT2D eigenvalue weighted by Crippen LogP contribution is -2.16. The minimum Gasteiger partial charge on any atom is -0.306 e. The summed E-state index contributed by atoms with van der Waals surface area (Å²) >= 11 is 19.9. The first-order valence-corrected chi connectivity index (χ1v) is 9.29. The topological polar surface area (TPSA) is 46.9 Å². The Bertz CT molecular complexity index is 919. The Morgan fingerprint density at radius 3 is 2.83 bits per heavy atom. The SMILES string of the molecule is CCC(C)n1nccc1NC(=O)c1sc2cc(Cl)cc(Cl)c2c1Cl. The second kappa shape index (κ2) is 6.92. The fourth-order valence-corrected chi connectivity index (χ4v) is 4.64. The van der Waals surface area contributed by atoms with Crippen molar-refractivity contribution < 1.29 is 4.79 Å². The van der Waals surface area contributed by atoms with Crippen molar-refractivity contribution in [3.63, 3.8) is 0 Å². The summed E-state index contributed by atoms with van der Waals surface area (Å²) in [6.07, 6.45) is 2.56. The number of nitrogens with one attached hydrogen (secondary N) is 1. The predicted octanol–water partition coefficient (Wildman–Crippen LogP) is 6.28. The maximum atomic E-state index is 12.7. The van der Waals surface area contributed by atoms with Gasteiger partial charge in [-0.2, -0.15) is 5.10 Å². The maximum absolute atomic E-state index is 12.7. The molecule has 1 amide bonds. The van der Waals surface area contributed by atoms with E-state index < -0.39 is 0 Å². The van der Waals surface area contributed by atoms with Gasteiger partial charge in [-0.05, 0) is 25.5 Å². The number of rotatable bonds is 4. The summed E-state index contributed by atoms with van der Waals surface area (Å²) in [7, 11) is 0. The highest BCUT2D eigenvalue weighted by atomic mass is 35.5. The van der Waals surface area contributed by atoms with E-state index in [0.717, 1.165) is 11.1 Å². The number of benzene rings is 1. The molecule has 24 heavy (non-hydrogen) atoms. The summed E-state index contributed by atoms with van der Waals surface area (Å²) in [5.74, 6) is 0.338. The molecular weight excluding hydrogens is 389 g/mol. The van der Waals surface area contributed by atoms with E-state index in [-0.39, 0.29) is 11.9 Å². The standard InChI is InChI=1S/C16H14Cl3N3OS/c1-3-8(2)22-12(4-5-20-22)21-16(23)15-14(19)13-10(18)6-9(17)7-11(13)24-15/h4-8H,3H2,1-2H3,(H,21,23). The summed E-state index contributed by atoms with van der Waals surface area (Å²) in [4.78, 5) is 13.1. The van der Waals surface area contributed by atoms with Crippen molar-refractivity contribution in [2.45, 2.75) is 26.3 Å². The van der Waals surface area contributed by atoms with E-state index in [4.69, 9.17) is 34.8 Å². The van der Waals surface area contributed by atoms with E-state index in [2.05, 4.69) is 17.3 Å². The van der Waals surface area contributed by atoms with Crippen molar-refractivity contribution in [2.75, 3.05) is 5.32 Å². The van der Waals surface area contributed by atoms with Crippen LogP contribution in [0.4, 0.5) is 5.82 Å². The van der Waals surface area contributed by atoms with E-state index in [1.165, 1.54) is 11.3 Å². The Balaban J connectivity index is 1.97. The number of carbonyl (C=O) groups excluding carboxylic acids is 1. The van der Waals surface area contributed by atoms with Gasteiger partial charge < -0.3 is 5.32 Å². The smallest absolute Gasteiger partial charge is 0.268 e.